The molecule has 2 aromatic heterocycles. The number of methoxy groups -OCH3 is 1. The molecular weight excluding hydrogens is 426 g/mol. The first-order valence-electron chi connectivity index (χ1n) is 9.92. The second-order valence-electron chi connectivity index (χ2n) is 7.00. The fourth-order valence-corrected chi connectivity index (χ4v) is 3.24. The van der Waals surface area contributed by atoms with E-state index < -0.39 is 10.9 Å². The molecule has 0 aliphatic heterocycles. The van der Waals surface area contributed by atoms with Crippen molar-refractivity contribution in [1.82, 2.24) is 15.0 Å². The van der Waals surface area contributed by atoms with Crippen LogP contribution in [0.4, 0.5) is 17.3 Å². The number of nitro benzene ring substituents is 1. The molecule has 2 aromatic carbocycles. The molecule has 0 aliphatic carbocycles. The second-order valence-corrected chi connectivity index (χ2v) is 7.00. The number of non-ortho nitro benzene ring substituents is 1. The first-order chi connectivity index (χ1) is 16.0. The van der Waals surface area contributed by atoms with E-state index in [0.29, 0.717) is 33.9 Å². The minimum Gasteiger partial charge on any atom is -0.488 e. The lowest BCUT2D eigenvalue weighted by Gasteiger charge is -2.11. The summed E-state index contributed by atoms with van der Waals surface area (Å²) in [5, 5.41) is 15.5. The van der Waals surface area contributed by atoms with Gasteiger partial charge in [0.1, 0.15) is 24.0 Å². The van der Waals surface area contributed by atoms with Crippen molar-refractivity contribution in [1.29, 1.82) is 0 Å². The molecule has 0 aliphatic rings. The Morgan fingerprint density at radius 3 is 2.70 bits per heavy atom. The summed E-state index contributed by atoms with van der Waals surface area (Å²) < 4.78 is 10.6. The number of aromatic nitrogens is 3. The SMILES string of the molecule is COC(=O)Cc1cncc(Nc2cc(COc3ccc([N+](=O)[O-])c4ccccc34)ccn2)n1. The monoisotopic (exact) mass is 445 g/mol. The number of carbonyl (C=O) groups is 1. The van der Waals surface area contributed by atoms with E-state index >= 15 is 0 Å². The van der Waals surface area contributed by atoms with Crippen molar-refractivity contribution in [2.45, 2.75) is 13.0 Å². The van der Waals surface area contributed by atoms with E-state index in [2.05, 4.69) is 25.0 Å². The molecule has 0 atom stereocenters. The van der Waals surface area contributed by atoms with Gasteiger partial charge in [0.2, 0.25) is 0 Å². The molecule has 0 saturated heterocycles. The van der Waals surface area contributed by atoms with Crippen molar-refractivity contribution < 1.29 is 19.2 Å². The molecule has 0 fully saturated rings. The Kier molecular flexibility index (Phi) is 6.35. The van der Waals surface area contributed by atoms with Crippen LogP contribution in [0.1, 0.15) is 11.3 Å². The van der Waals surface area contributed by atoms with Gasteiger partial charge in [-0.3, -0.25) is 19.9 Å². The Hall–Kier alpha value is -4.60. The van der Waals surface area contributed by atoms with E-state index in [4.69, 9.17) is 4.74 Å². The maximum atomic E-state index is 11.4. The van der Waals surface area contributed by atoms with Crippen LogP contribution in [-0.4, -0.2) is 33.0 Å². The van der Waals surface area contributed by atoms with Crippen LogP contribution in [0.15, 0.2) is 67.1 Å². The maximum Gasteiger partial charge on any atom is 0.311 e. The summed E-state index contributed by atoms with van der Waals surface area (Å²) in [4.78, 5) is 35.0. The van der Waals surface area contributed by atoms with Crippen molar-refractivity contribution in [3.63, 3.8) is 0 Å². The van der Waals surface area contributed by atoms with Gasteiger partial charge in [-0.05, 0) is 29.8 Å². The van der Waals surface area contributed by atoms with Gasteiger partial charge in [0.15, 0.2) is 0 Å². The lowest BCUT2D eigenvalue weighted by Crippen LogP contribution is -2.08. The normalized spacial score (nSPS) is 10.6. The van der Waals surface area contributed by atoms with Crippen LogP contribution in [-0.2, 0) is 22.6 Å². The third-order valence-electron chi connectivity index (χ3n) is 4.77. The molecule has 0 radical (unpaired) electrons. The van der Waals surface area contributed by atoms with E-state index in [-0.39, 0.29) is 18.7 Å². The third-order valence-corrected chi connectivity index (χ3v) is 4.77. The summed E-state index contributed by atoms with van der Waals surface area (Å²) in [6, 6.07) is 13.7. The molecular formula is C23H19N5O5. The number of anilines is 2. The van der Waals surface area contributed by atoms with Gasteiger partial charge in [-0.2, -0.15) is 0 Å². The molecule has 0 spiro atoms. The third kappa shape index (κ3) is 5.18. The Morgan fingerprint density at radius 2 is 1.91 bits per heavy atom. The summed E-state index contributed by atoms with van der Waals surface area (Å²) in [5.41, 5.74) is 1.33. The lowest BCUT2D eigenvalue weighted by molar-refractivity contribution is -0.383. The zero-order valence-corrected chi connectivity index (χ0v) is 17.6. The summed E-state index contributed by atoms with van der Waals surface area (Å²) in [6.45, 7) is 0.229. The number of nitro groups is 1. The zero-order chi connectivity index (χ0) is 23.2. The molecule has 0 saturated carbocycles. The standard InChI is InChI=1S/C23H19N5O5/c1-32-23(29)11-16-12-24-13-22(26-16)27-21-10-15(8-9-25-21)14-33-20-7-6-19(28(30)31)17-4-2-3-5-18(17)20/h2-10,12-13H,11,14H2,1H3,(H,25,26,27). The second kappa shape index (κ2) is 9.69. The number of fused-ring (bicyclic) bond motifs is 1. The van der Waals surface area contributed by atoms with Crippen LogP contribution in [0.5, 0.6) is 5.75 Å². The topological polar surface area (TPSA) is 129 Å². The highest BCUT2D eigenvalue weighted by Gasteiger charge is 2.14. The molecule has 10 heteroatoms. The van der Waals surface area contributed by atoms with Gasteiger partial charge in [-0.15, -0.1) is 0 Å². The number of benzene rings is 2. The van der Waals surface area contributed by atoms with E-state index in [9.17, 15) is 14.9 Å². The van der Waals surface area contributed by atoms with E-state index in [1.54, 1.807) is 42.6 Å². The summed E-state index contributed by atoms with van der Waals surface area (Å²) in [6.07, 6.45) is 4.66. The Labute approximate surface area is 188 Å². The highest BCUT2D eigenvalue weighted by atomic mass is 16.6. The van der Waals surface area contributed by atoms with E-state index in [1.807, 2.05) is 6.07 Å². The summed E-state index contributed by atoms with van der Waals surface area (Å²) in [7, 11) is 1.31. The van der Waals surface area contributed by atoms with Gasteiger partial charge in [-0.1, -0.05) is 18.2 Å². The van der Waals surface area contributed by atoms with Gasteiger partial charge in [0, 0.05) is 23.8 Å². The average Bonchev–Trinajstić information content (AvgIpc) is 2.82. The van der Waals surface area contributed by atoms with Gasteiger partial charge in [0.25, 0.3) is 5.69 Å². The molecule has 166 valence electrons. The zero-order valence-electron chi connectivity index (χ0n) is 17.6. The molecule has 4 aromatic rings. The maximum absolute atomic E-state index is 11.4. The number of ether oxygens (including phenoxy) is 2. The fraction of sp³-hybridized carbons (Fsp3) is 0.130. The minimum atomic E-state index is -0.407. The largest absolute Gasteiger partial charge is 0.488 e. The highest BCUT2D eigenvalue weighted by molar-refractivity contribution is 5.95. The Balaban J connectivity index is 1.49. The molecule has 0 amide bonds. The predicted molar refractivity (Wildman–Crippen MR) is 120 cm³/mol. The van der Waals surface area contributed by atoms with Crippen molar-refractivity contribution in [2.24, 2.45) is 0 Å². The number of rotatable bonds is 8. The number of carbonyl (C=O) groups excluding carboxylic acids is 1. The number of hydrogen-bond donors (Lipinski definition) is 1. The first-order valence-corrected chi connectivity index (χ1v) is 9.92. The number of hydrogen-bond acceptors (Lipinski definition) is 9. The number of nitrogens with one attached hydrogen (secondary N) is 1. The quantitative estimate of drug-likeness (QED) is 0.243. The number of nitrogens with zero attached hydrogens (tertiary/aromatic N) is 4. The Morgan fingerprint density at radius 1 is 1.09 bits per heavy atom. The fourth-order valence-electron chi connectivity index (χ4n) is 3.24. The van der Waals surface area contributed by atoms with Crippen LogP contribution in [0, 0.1) is 10.1 Å². The van der Waals surface area contributed by atoms with Crippen LogP contribution in [0.2, 0.25) is 0 Å². The number of pyridine rings is 1. The van der Waals surface area contributed by atoms with Gasteiger partial charge < -0.3 is 14.8 Å². The van der Waals surface area contributed by atoms with Crippen LogP contribution in [0.3, 0.4) is 0 Å². The smallest absolute Gasteiger partial charge is 0.311 e. The van der Waals surface area contributed by atoms with Gasteiger partial charge >= 0.3 is 5.97 Å². The van der Waals surface area contributed by atoms with Crippen molar-refractivity contribution >= 4 is 34.1 Å². The van der Waals surface area contributed by atoms with Gasteiger partial charge in [-0.25, -0.2) is 9.97 Å². The molecule has 0 unspecified atom stereocenters. The van der Waals surface area contributed by atoms with Crippen molar-refractivity contribution in [2.75, 3.05) is 12.4 Å². The molecule has 1 N–H and O–H groups in total. The van der Waals surface area contributed by atoms with Crippen molar-refractivity contribution in [3.8, 4) is 5.75 Å². The van der Waals surface area contributed by atoms with E-state index in [0.717, 1.165) is 5.56 Å². The predicted octanol–water partition coefficient (Wildman–Crippen LogP) is 3.97. The first kappa shape index (κ1) is 21.6. The molecule has 10 nitrogen and oxygen atoms in total. The summed E-state index contributed by atoms with van der Waals surface area (Å²) >= 11 is 0. The van der Waals surface area contributed by atoms with Crippen LogP contribution < -0.4 is 10.1 Å². The van der Waals surface area contributed by atoms with Crippen molar-refractivity contribution in [3.05, 3.63) is 88.5 Å². The lowest BCUT2D eigenvalue weighted by atomic mass is 10.1. The van der Waals surface area contributed by atoms with Crippen LogP contribution >= 0.6 is 0 Å². The summed E-state index contributed by atoms with van der Waals surface area (Å²) in [5.74, 6) is 1.10. The molecule has 2 heterocycles. The number of esters is 1. The molecule has 4 rings (SSSR count). The Bertz CT molecular complexity index is 1330. The average molecular weight is 445 g/mol. The van der Waals surface area contributed by atoms with Crippen LogP contribution in [0.25, 0.3) is 10.8 Å². The molecule has 33 heavy (non-hydrogen) atoms. The minimum absolute atomic E-state index is 0.0174. The van der Waals surface area contributed by atoms with E-state index in [1.165, 1.54) is 25.6 Å². The highest BCUT2D eigenvalue weighted by Crippen LogP contribution is 2.33. The van der Waals surface area contributed by atoms with Gasteiger partial charge in [0.05, 0.1) is 35.7 Å². The molecule has 0 bridgehead atoms.